The van der Waals surface area contributed by atoms with Gasteiger partial charge in [0.2, 0.25) is 11.7 Å². The summed E-state index contributed by atoms with van der Waals surface area (Å²) in [5, 5.41) is 7.05. The average Bonchev–Trinajstić information content (AvgIpc) is 3.41. The highest BCUT2D eigenvalue weighted by Crippen LogP contribution is 2.28. The number of aryl methyl sites for hydroxylation is 1. The summed E-state index contributed by atoms with van der Waals surface area (Å²) >= 11 is 0. The molecule has 2 amide bonds. The maximum atomic E-state index is 12.8. The maximum absolute atomic E-state index is 12.8. The fourth-order valence-electron chi connectivity index (χ4n) is 4.26. The van der Waals surface area contributed by atoms with Crippen LogP contribution in [0.3, 0.4) is 0 Å². The summed E-state index contributed by atoms with van der Waals surface area (Å²) in [6.45, 7) is 3.27. The van der Waals surface area contributed by atoms with Gasteiger partial charge in [-0.15, -0.1) is 0 Å². The number of aromatic nitrogens is 2. The Hall–Kier alpha value is -4.26. The molecule has 0 unspecified atom stereocenters. The number of likely N-dealkylation sites (tertiary alicyclic amines) is 1. The SMILES string of the molecule is Cc1ccc(NC(=O)c2ccc(-c3noc([C@@H]4CCCN(C(=O)c5ccccc5)C4)n3)cc2)cc1. The van der Waals surface area contributed by atoms with Crippen LogP contribution < -0.4 is 5.32 Å². The van der Waals surface area contributed by atoms with Gasteiger partial charge in [-0.25, -0.2) is 0 Å². The zero-order valence-electron chi connectivity index (χ0n) is 19.5. The number of hydrogen-bond acceptors (Lipinski definition) is 5. The van der Waals surface area contributed by atoms with Crippen LogP contribution in [-0.4, -0.2) is 39.9 Å². The van der Waals surface area contributed by atoms with Gasteiger partial charge in [0.1, 0.15) is 0 Å². The quantitative estimate of drug-likeness (QED) is 0.430. The Morgan fingerprint density at radius 2 is 1.69 bits per heavy atom. The number of carbonyl (C=O) groups excluding carboxylic acids is 2. The van der Waals surface area contributed by atoms with Crippen LogP contribution in [0.5, 0.6) is 0 Å². The highest BCUT2D eigenvalue weighted by molar-refractivity contribution is 6.04. The summed E-state index contributed by atoms with van der Waals surface area (Å²) in [5.41, 5.74) is 3.88. The van der Waals surface area contributed by atoms with E-state index in [-0.39, 0.29) is 17.7 Å². The number of anilines is 1. The standard InChI is InChI=1S/C28H26N4O3/c1-19-9-15-24(16-10-19)29-26(33)21-13-11-20(12-14-21)25-30-27(35-31-25)23-8-5-17-32(18-23)28(34)22-6-3-2-4-7-22/h2-4,6-7,9-16,23H,5,8,17-18H2,1H3,(H,29,33)/t23-/m1/s1. The normalized spacial score (nSPS) is 15.6. The minimum atomic E-state index is -0.181. The summed E-state index contributed by atoms with van der Waals surface area (Å²) < 4.78 is 5.58. The summed E-state index contributed by atoms with van der Waals surface area (Å²) in [6, 6.07) is 24.1. The van der Waals surface area contributed by atoms with Crippen molar-refractivity contribution in [2.24, 2.45) is 0 Å². The van der Waals surface area contributed by atoms with Gasteiger partial charge in [0.25, 0.3) is 11.8 Å². The number of nitrogens with zero attached hydrogens (tertiary/aromatic N) is 3. The largest absolute Gasteiger partial charge is 0.339 e. The maximum Gasteiger partial charge on any atom is 0.255 e. The van der Waals surface area contributed by atoms with Crippen molar-refractivity contribution in [1.82, 2.24) is 15.0 Å². The van der Waals surface area contributed by atoms with E-state index in [0.29, 0.717) is 29.4 Å². The summed E-state index contributed by atoms with van der Waals surface area (Å²) in [4.78, 5) is 31.9. The van der Waals surface area contributed by atoms with Gasteiger partial charge in [-0.3, -0.25) is 9.59 Å². The van der Waals surface area contributed by atoms with E-state index >= 15 is 0 Å². The molecule has 1 atom stereocenters. The monoisotopic (exact) mass is 466 g/mol. The molecule has 1 fully saturated rings. The van der Waals surface area contributed by atoms with Crippen molar-refractivity contribution in [2.45, 2.75) is 25.7 Å². The van der Waals surface area contributed by atoms with Crippen LogP contribution in [0.25, 0.3) is 11.4 Å². The van der Waals surface area contributed by atoms with E-state index in [1.807, 2.05) is 78.6 Å². The van der Waals surface area contributed by atoms with E-state index in [9.17, 15) is 9.59 Å². The van der Waals surface area contributed by atoms with Gasteiger partial charge in [0.15, 0.2) is 0 Å². The highest BCUT2D eigenvalue weighted by atomic mass is 16.5. The predicted molar refractivity (Wildman–Crippen MR) is 133 cm³/mol. The van der Waals surface area contributed by atoms with Gasteiger partial charge >= 0.3 is 0 Å². The third kappa shape index (κ3) is 5.14. The molecule has 7 nitrogen and oxygen atoms in total. The number of benzene rings is 3. The summed E-state index contributed by atoms with van der Waals surface area (Å²) in [7, 11) is 0. The van der Waals surface area contributed by atoms with Gasteiger partial charge < -0.3 is 14.7 Å². The number of nitrogens with one attached hydrogen (secondary N) is 1. The average molecular weight is 467 g/mol. The van der Waals surface area contributed by atoms with Crippen molar-refractivity contribution in [1.29, 1.82) is 0 Å². The molecule has 1 N–H and O–H groups in total. The first-order chi connectivity index (χ1) is 17.1. The minimum absolute atomic E-state index is 0.00257. The Labute approximate surface area is 203 Å². The molecule has 0 spiro atoms. The van der Waals surface area contributed by atoms with Crippen LogP contribution in [0.1, 0.15) is 50.9 Å². The van der Waals surface area contributed by atoms with Gasteiger partial charge in [-0.05, 0) is 56.2 Å². The van der Waals surface area contributed by atoms with Crippen LogP contribution in [0.4, 0.5) is 5.69 Å². The molecule has 2 heterocycles. The topological polar surface area (TPSA) is 88.3 Å². The molecular weight excluding hydrogens is 440 g/mol. The highest BCUT2D eigenvalue weighted by Gasteiger charge is 2.29. The molecule has 1 aliphatic rings. The zero-order chi connectivity index (χ0) is 24.2. The van der Waals surface area contributed by atoms with Crippen LogP contribution in [0.2, 0.25) is 0 Å². The lowest BCUT2D eigenvalue weighted by Crippen LogP contribution is -2.39. The molecule has 0 saturated carbocycles. The molecule has 0 aliphatic carbocycles. The zero-order valence-corrected chi connectivity index (χ0v) is 19.5. The summed E-state index contributed by atoms with van der Waals surface area (Å²) in [5.74, 6) is 0.843. The Morgan fingerprint density at radius 3 is 2.43 bits per heavy atom. The number of hydrogen-bond donors (Lipinski definition) is 1. The number of rotatable bonds is 5. The van der Waals surface area contributed by atoms with Gasteiger partial charge in [-0.1, -0.05) is 53.2 Å². The first-order valence-corrected chi connectivity index (χ1v) is 11.7. The molecule has 5 rings (SSSR count). The Kier molecular flexibility index (Phi) is 6.39. The van der Waals surface area contributed by atoms with E-state index in [1.165, 1.54) is 0 Å². The van der Waals surface area contributed by atoms with E-state index < -0.39 is 0 Å². The number of carbonyl (C=O) groups is 2. The van der Waals surface area contributed by atoms with Gasteiger partial charge in [0, 0.05) is 35.5 Å². The van der Waals surface area contributed by atoms with Crippen molar-refractivity contribution in [3.63, 3.8) is 0 Å². The van der Waals surface area contributed by atoms with E-state index in [0.717, 1.165) is 36.2 Å². The molecule has 1 aliphatic heterocycles. The third-order valence-electron chi connectivity index (χ3n) is 6.24. The van der Waals surface area contributed by atoms with E-state index in [4.69, 9.17) is 4.52 Å². The Bertz CT molecular complexity index is 1310. The summed E-state index contributed by atoms with van der Waals surface area (Å²) in [6.07, 6.45) is 1.77. The predicted octanol–water partition coefficient (Wildman–Crippen LogP) is 5.32. The first kappa shape index (κ1) is 22.5. The molecule has 35 heavy (non-hydrogen) atoms. The van der Waals surface area contributed by atoms with Crippen molar-refractivity contribution in [3.05, 3.63) is 101 Å². The Morgan fingerprint density at radius 1 is 0.943 bits per heavy atom. The lowest BCUT2D eigenvalue weighted by atomic mass is 9.97. The lowest BCUT2D eigenvalue weighted by Gasteiger charge is -2.31. The van der Waals surface area contributed by atoms with Crippen molar-refractivity contribution in [3.8, 4) is 11.4 Å². The molecule has 4 aromatic rings. The second kappa shape index (κ2) is 9.93. The van der Waals surface area contributed by atoms with E-state index in [2.05, 4.69) is 15.5 Å². The molecule has 7 heteroatoms. The second-order valence-electron chi connectivity index (χ2n) is 8.81. The van der Waals surface area contributed by atoms with Gasteiger partial charge in [0.05, 0.1) is 5.92 Å². The third-order valence-corrected chi connectivity index (χ3v) is 6.24. The number of amides is 2. The molecule has 176 valence electrons. The van der Waals surface area contributed by atoms with Crippen LogP contribution >= 0.6 is 0 Å². The second-order valence-corrected chi connectivity index (χ2v) is 8.81. The fourth-order valence-corrected chi connectivity index (χ4v) is 4.26. The fraction of sp³-hybridized carbons (Fsp3) is 0.214. The molecule has 0 bridgehead atoms. The molecule has 0 radical (unpaired) electrons. The van der Waals surface area contributed by atoms with Gasteiger partial charge in [-0.2, -0.15) is 4.98 Å². The van der Waals surface area contributed by atoms with Crippen LogP contribution in [0, 0.1) is 6.92 Å². The van der Waals surface area contributed by atoms with E-state index in [1.54, 1.807) is 12.1 Å². The lowest BCUT2D eigenvalue weighted by molar-refractivity contribution is 0.0695. The smallest absolute Gasteiger partial charge is 0.255 e. The molecule has 1 saturated heterocycles. The Balaban J connectivity index is 1.24. The van der Waals surface area contributed by atoms with Crippen molar-refractivity contribution < 1.29 is 14.1 Å². The van der Waals surface area contributed by atoms with Crippen molar-refractivity contribution >= 4 is 17.5 Å². The molecular formula is C28H26N4O3. The molecule has 1 aromatic heterocycles. The van der Waals surface area contributed by atoms with Crippen LogP contribution in [-0.2, 0) is 0 Å². The van der Waals surface area contributed by atoms with Crippen molar-refractivity contribution in [2.75, 3.05) is 18.4 Å². The molecule has 3 aromatic carbocycles. The minimum Gasteiger partial charge on any atom is -0.339 e. The first-order valence-electron chi connectivity index (χ1n) is 11.7. The number of piperidine rings is 1. The van der Waals surface area contributed by atoms with Crippen LogP contribution in [0.15, 0.2) is 83.4 Å².